The van der Waals surface area contributed by atoms with Gasteiger partial charge in [0.15, 0.2) is 0 Å². The highest BCUT2D eigenvalue weighted by atomic mass is 127. The predicted octanol–water partition coefficient (Wildman–Crippen LogP) is 2.94. The molecule has 124 valence electrons. The van der Waals surface area contributed by atoms with Gasteiger partial charge in [0.2, 0.25) is 0 Å². The SMILES string of the molecule is CC=C(NOC)[C@]12C=C(c3ccc(I)cc3)CC(CC1O)N2C. The first-order valence-electron chi connectivity index (χ1n) is 7.87. The number of aliphatic hydroxyl groups excluding tert-OH is 1. The maximum absolute atomic E-state index is 10.8. The summed E-state index contributed by atoms with van der Waals surface area (Å²) in [7, 11) is 3.69. The number of hydroxylamine groups is 1. The Morgan fingerprint density at radius 2 is 2.13 bits per heavy atom. The molecule has 0 amide bonds. The van der Waals surface area contributed by atoms with Crippen LogP contribution in [0.25, 0.3) is 5.57 Å². The van der Waals surface area contributed by atoms with Crippen molar-refractivity contribution in [1.82, 2.24) is 10.4 Å². The third kappa shape index (κ3) is 2.73. The van der Waals surface area contributed by atoms with Crippen LogP contribution in [0.3, 0.4) is 0 Å². The minimum atomic E-state index is -0.550. The molecule has 2 N–H and O–H groups in total. The summed E-state index contributed by atoms with van der Waals surface area (Å²) in [5.41, 5.74) is 5.84. The van der Waals surface area contributed by atoms with Crippen LogP contribution >= 0.6 is 22.6 Å². The maximum Gasteiger partial charge on any atom is 0.108 e. The number of aliphatic hydroxyl groups is 1. The van der Waals surface area contributed by atoms with E-state index in [1.807, 2.05) is 13.0 Å². The van der Waals surface area contributed by atoms with E-state index in [4.69, 9.17) is 4.84 Å². The Morgan fingerprint density at radius 1 is 1.43 bits per heavy atom. The fraction of sp³-hybridized carbons (Fsp3) is 0.444. The van der Waals surface area contributed by atoms with Gasteiger partial charge in [-0.25, -0.2) is 0 Å². The second-order valence-electron chi connectivity index (χ2n) is 6.23. The van der Waals surface area contributed by atoms with Crippen LogP contribution in [0.4, 0.5) is 0 Å². The second kappa shape index (κ2) is 6.55. The number of rotatable bonds is 4. The van der Waals surface area contributed by atoms with Gasteiger partial charge >= 0.3 is 0 Å². The van der Waals surface area contributed by atoms with Crippen molar-refractivity contribution in [3.63, 3.8) is 0 Å². The Bertz CT molecular complexity index is 641. The molecule has 1 aromatic carbocycles. The topological polar surface area (TPSA) is 44.7 Å². The molecule has 2 aliphatic heterocycles. The van der Waals surface area contributed by atoms with Crippen molar-refractivity contribution in [2.24, 2.45) is 0 Å². The number of nitrogens with one attached hydrogen (secondary N) is 1. The number of allylic oxidation sites excluding steroid dienone is 1. The molecule has 0 radical (unpaired) electrons. The molecule has 0 spiro atoms. The van der Waals surface area contributed by atoms with Gasteiger partial charge in [0, 0.05) is 9.61 Å². The minimum absolute atomic E-state index is 0.331. The lowest BCUT2D eigenvalue weighted by atomic mass is 9.84. The molecular weight excluding hydrogens is 403 g/mol. The average Bonchev–Trinajstić information content (AvgIpc) is 2.69. The number of halogens is 1. The largest absolute Gasteiger partial charge is 0.390 e. The van der Waals surface area contributed by atoms with Crippen molar-refractivity contribution >= 4 is 28.2 Å². The number of benzene rings is 1. The standard InChI is InChI=1S/C18H23IN2O2/c1-4-16(20-23-3)18-11-13(12-5-7-14(19)8-6-12)9-15(21(18)2)10-17(18)22/h4-8,11,15,17,20,22H,9-10H2,1-3H3/t15?,17?,18-/m1/s1. The average molecular weight is 426 g/mol. The molecule has 4 nitrogen and oxygen atoms in total. The molecule has 0 aliphatic carbocycles. The van der Waals surface area contributed by atoms with E-state index < -0.39 is 11.6 Å². The Labute approximate surface area is 151 Å². The smallest absolute Gasteiger partial charge is 0.108 e. The summed E-state index contributed by atoms with van der Waals surface area (Å²) in [5, 5.41) is 10.8. The molecule has 2 heterocycles. The first kappa shape index (κ1) is 17.0. The Hall–Kier alpha value is -0.890. The number of likely N-dealkylation sites (N-methyl/N-ethyl adjacent to an activating group) is 1. The lowest BCUT2D eigenvalue weighted by molar-refractivity contribution is 0.0454. The van der Waals surface area contributed by atoms with Gasteiger partial charge in [-0.3, -0.25) is 15.2 Å². The van der Waals surface area contributed by atoms with E-state index in [0.717, 1.165) is 18.5 Å². The van der Waals surface area contributed by atoms with Gasteiger partial charge in [0.1, 0.15) is 5.54 Å². The van der Waals surface area contributed by atoms with E-state index in [9.17, 15) is 5.11 Å². The molecule has 2 unspecified atom stereocenters. The number of hydrogen-bond donors (Lipinski definition) is 2. The fourth-order valence-corrected chi connectivity index (χ4v) is 4.28. The zero-order chi connectivity index (χ0) is 16.6. The summed E-state index contributed by atoms with van der Waals surface area (Å²) in [4.78, 5) is 7.43. The first-order chi connectivity index (χ1) is 11.0. The Balaban J connectivity index is 2.09. The summed E-state index contributed by atoms with van der Waals surface area (Å²) in [6.45, 7) is 1.97. The molecule has 2 aliphatic rings. The van der Waals surface area contributed by atoms with E-state index in [2.05, 4.69) is 70.4 Å². The molecular formula is C18H23IN2O2. The van der Waals surface area contributed by atoms with E-state index >= 15 is 0 Å². The highest BCUT2D eigenvalue weighted by Gasteiger charge is 2.54. The molecule has 3 atom stereocenters. The molecule has 2 bridgehead atoms. The molecule has 0 saturated carbocycles. The van der Waals surface area contributed by atoms with Crippen LogP contribution in [-0.4, -0.2) is 41.8 Å². The zero-order valence-electron chi connectivity index (χ0n) is 13.7. The van der Waals surface area contributed by atoms with Crippen LogP contribution in [-0.2, 0) is 4.84 Å². The van der Waals surface area contributed by atoms with E-state index in [-0.39, 0.29) is 0 Å². The summed E-state index contributed by atoms with van der Waals surface area (Å²) >= 11 is 2.32. The van der Waals surface area contributed by atoms with Crippen LogP contribution in [0.1, 0.15) is 25.3 Å². The van der Waals surface area contributed by atoms with Gasteiger partial charge in [-0.15, -0.1) is 0 Å². The molecule has 5 heteroatoms. The Kier molecular flexibility index (Phi) is 4.83. The lowest BCUT2D eigenvalue weighted by Gasteiger charge is -2.43. The molecule has 23 heavy (non-hydrogen) atoms. The maximum atomic E-state index is 10.8. The van der Waals surface area contributed by atoms with Crippen molar-refractivity contribution < 1.29 is 9.94 Å². The first-order valence-corrected chi connectivity index (χ1v) is 8.95. The molecule has 1 fully saturated rings. The van der Waals surface area contributed by atoms with Crippen molar-refractivity contribution in [1.29, 1.82) is 0 Å². The zero-order valence-corrected chi connectivity index (χ0v) is 15.9. The van der Waals surface area contributed by atoms with Gasteiger partial charge in [-0.05, 0) is 72.7 Å². The predicted molar refractivity (Wildman–Crippen MR) is 101 cm³/mol. The van der Waals surface area contributed by atoms with Crippen LogP contribution in [0, 0.1) is 3.57 Å². The summed E-state index contributed by atoms with van der Waals surface area (Å²) < 4.78 is 1.23. The highest BCUT2D eigenvalue weighted by Crippen LogP contribution is 2.47. The van der Waals surface area contributed by atoms with Gasteiger partial charge in [0.25, 0.3) is 0 Å². The molecule has 1 aromatic rings. The summed E-state index contributed by atoms with van der Waals surface area (Å²) in [6.07, 6.45) is 5.47. The van der Waals surface area contributed by atoms with Gasteiger partial charge in [0.05, 0.1) is 18.9 Å². The normalized spacial score (nSPS) is 31.2. The van der Waals surface area contributed by atoms with Crippen molar-refractivity contribution in [3.8, 4) is 0 Å². The van der Waals surface area contributed by atoms with Crippen molar-refractivity contribution in [3.05, 3.63) is 51.2 Å². The third-order valence-corrected chi connectivity index (χ3v) is 5.85. The third-order valence-electron chi connectivity index (χ3n) is 5.13. The van der Waals surface area contributed by atoms with Crippen LogP contribution < -0.4 is 5.48 Å². The fourth-order valence-electron chi connectivity index (χ4n) is 3.92. The minimum Gasteiger partial charge on any atom is -0.390 e. The highest BCUT2D eigenvalue weighted by molar-refractivity contribution is 14.1. The summed E-state index contributed by atoms with van der Waals surface area (Å²) in [6, 6.07) is 8.92. The number of nitrogens with zero attached hydrogens (tertiary/aromatic N) is 1. The molecule has 1 saturated heterocycles. The monoisotopic (exact) mass is 426 g/mol. The van der Waals surface area contributed by atoms with Gasteiger partial charge in [-0.2, -0.15) is 0 Å². The number of fused-ring (bicyclic) bond motifs is 2. The van der Waals surface area contributed by atoms with E-state index in [1.54, 1.807) is 7.11 Å². The van der Waals surface area contributed by atoms with Crippen molar-refractivity contribution in [2.45, 2.75) is 37.5 Å². The lowest BCUT2D eigenvalue weighted by Crippen LogP contribution is -2.55. The van der Waals surface area contributed by atoms with E-state index in [0.29, 0.717) is 6.04 Å². The quantitative estimate of drug-likeness (QED) is 0.574. The van der Waals surface area contributed by atoms with Crippen LogP contribution in [0.2, 0.25) is 0 Å². The van der Waals surface area contributed by atoms with Crippen molar-refractivity contribution in [2.75, 3.05) is 14.2 Å². The van der Waals surface area contributed by atoms with Gasteiger partial charge in [-0.1, -0.05) is 24.3 Å². The van der Waals surface area contributed by atoms with Gasteiger partial charge < -0.3 is 5.11 Å². The molecule has 0 aromatic heterocycles. The number of hydrogen-bond acceptors (Lipinski definition) is 4. The summed E-state index contributed by atoms with van der Waals surface area (Å²) in [5.74, 6) is 0. The second-order valence-corrected chi connectivity index (χ2v) is 7.48. The Morgan fingerprint density at radius 3 is 2.74 bits per heavy atom. The molecule has 3 rings (SSSR count). The van der Waals surface area contributed by atoms with E-state index in [1.165, 1.54) is 14.7 Å². The van der Waals surface area contributed by atoms with Crippen LogP contribution in [0.5, 0.6) is 0 Å². The van der Waals surface area contributed by atoms with Crippen LogP contribution in [0.15, 0.2) is 42.1 Å².